The molecular weight excluding hydrogens is 271 g/mol. The summed E-state index contributed by atoms with van der Waals surface area (Å²) in [4.78, 5) is 10.5. The molecule has 0 aliphatic heterocycles. The van der Waals surface area contributed by atoms with Crippen molar-refractivity contribution in [2.24, 2.45) is 0 Å². The number of carboxylic acid groups (broad SMARTS) is 1. The molecule has 3 nitrogen and oxygen atoms in total. The van der Waals surface area contributed by atoms with Crippen molar-refractivity contribution in [3.8, 4) is 0 Å². The summed E-state index contributed by atoms with van der Waals surface area (Å²) < 4.78 is 38.7. The van der Waals surface area contributed by atoms with Crippen LogP contribution in [0.1, 0.15) is 49.4 Å². The normalized spacial score (nSPS) is 13.6. The van der Waals surface area contributed by atoms with Crippen LogP contribution in [0.5, 0.6) is 0 Å². The van der Waals surface area contributed by atoms with Crippen molar-refractivity contribution in [2.45, 2.75) is 38.9 Å². The van der Waals surface area contributed by atoms with Crippen molar-refractivity contribution in [1.29, 1.82) is 0 Å². The SMILES string of the molecule is CC(C)c1cc(C(C)NCC(=O)O)ccc1C(F)(F)F. The zero-order chi connectivity index (χ0) is 15.5. The molecule has 0 radical (unpaired) electrons. The number of benzene rings is 1. The molecule has 1 aromatic rings. The molecule has 0 bridgehead atoms. The summed E-state index contributed by atoms with van der Waals surface area (Å²) in [5.41, 5.74) is 0.226. The third-order valence-electron chi connectivity index (χ3n) is 3.06. The minimum Gasteiger partial charge on any atom is -0.480 e. The minimum atomic E-state index is -4.38. The van der Waals surface area contributed by atoms with E-state index < -0.39 is 17.7 Å². The van der Waals surface area contributed by atoms with Crippen molar-refractivity contribution in [2.75, 3.05) is 6.54 Å². The van der Waals surface area contributed by atoms with Crippen LogP contribution in [0.2, 0.25) is 0 Å². The first-order valence-corrected chi connectivity index (χ1v) is 6.29. The van der Waals surface area contributed by atoms with E-state index in [0.717, 1.165) is 6.07 Å². The summed E-state index contributed by atoms with van der Waals surface area (Å²) in [7, 11) is 0. The number of aliphatic carboxylic acids is 1. The maximum atomic E-state index is 12.9. The maximum Gasteiger partial charge on any atom is 0.416 e. The Morgan fingerprint density at radius 3 is 2.35 bits per heavy atom. The highest BCUT2D eigenvalue weighted by molar-refractivity contribution is 5.69. The highest BCUT2D eigenvalue weighted by Gasteiger charge is 2.34. The molecule has 1 rings (SSSR count). The predicted octanol–water partition coefficient (Wildman–Crippen LogP) is 3.56. The number of halogens is 3. The van der Waals surface area contributed by atoms with Crippen LogP contribution in [-0.2, 0) is 11.0 Å². The first kappa shape index (κ1) is 16.5. The van der Waals surface area contributed by atoms with E-state index in [1.165, 1.54) is 12.1 Å². The Morgan fingerprint density at radius 2 is 1.90 bits per heavy atom. The molecule has 0 aromatic heterocycles. The fraction of sp³-hybridized carbons (Fsp3) is 0.500. The molecule has 0 spiro atoms. The largest absolute Gasteiger partial charge is 0.480 e. The third-order valence-corrected chi connectivity index (χ3v) is 3.06. The molecular formula is C14H18F3NO2. The molecule has 0 saturated carbocycles. The van der Waals surface area contributed by atoms with Crippen LogP contribution in [0.15, 0.2) is 18.2 Å². The molecule has 0 aliphatic carbocycles. The van der Waals surface area contributed by atoms with E-state index in [0.29, 0.717) is 5.56 Å². The second kappa shape index (κ2) is 6.26. The monoisotopic (exact) mass is 289 g/mol. The average molecular weight is 289 g/mol. The van der Waals surface area contributed by atoms with E-state index in [2.05, 4.69) is 5.32 Å². The van der Waals surface area contributed by atoms with Crippen molar-refractivity contribution in [3.05, 3.63) is 34.9 Å². The lowest BCUT2D eigenvalue weighted by Crippen LogP contribution is -2.25. The number of alkyl halides is 3. The Hall–Kier alpha value is -1.56. The fourth-order valence-electron chi connectivity index (χ4n) is 1.94. The average Bonchev–Trinajstić information content (AvgIpc) is 2.33. The number of rotatable bonds is 5. The van der Waals surface area contributed by atoms with Gasteiger partial charge in [-0.3, -0.25) is 4.79 Å². The molecule has 1 aromatic carbocycles. The first-order valence-electron chi connectivity index (χ1n) is 6.29. The van der Waals surface area contributed by atoms with Crippen molar-refractivity contribution < 1.29 is 23.1 Å². The van der Waals surface area contributed by atoms with Crippen LogP contribution in [0, 0.1) is 0 Å². The van der Waals surface area contributed by atoms with Crippen LogP contribution >= 0.6 is 0 Å². The van der Waals surface area contributed by atoms with E-state index in [1.807, 2.05) is 0 Å². The van der Waals surface area contributed by atoms with Gasteiger partial charge in [-0.1, -0.05) is 26.0 Å². The number of hydrogen-bond donors (Lipinski definition) is 2. The number of carbonyl (C=O) groups is 1. The second-order valence-electron chi connectivity index (χ2n) is 5.00. The van der Waals surface area contributed by atoms with E-state index >= 15 is 0 Å². The van der Waals surface area contributed by atoms with Gasteiger partial charge in [0.25, 0.3) is 0 Å². The minimum absolute atomic E-state index is 0.221. The van der Waals surface area contributed by atoms with Gasteiger partial charge >= 0.3 is 12.1 Å². The van der Waals surface area contributed by atoms with Crippen molar-refractivity contribution in [3.63, 3.8) is 0 Å². The van der Waals surface area contributed by atoms with Gasteiger partial charge in [-0.25, -0.2) is 0 Å². The summed E-state index contributed by atoms with van der Waals surface area (Å²) in [5.74, 6) is -1.27. The molecule has 0 heterocycles. The molecule has 0 fully saturated rings. The molecule has 20 heavy (non-hydrogen) atoms. The van der Waals surface area contributed by atoms with Gasteiger partial charge in [-0.15, -0.1) is 0 Å². The summed E-state index contributed by atoms with van der Waals surface area (Å²) in [6.07, 6.45) is -4.38. The lowest BCUT2D eigenvalue weighted by Gasteiger charge is -2.19. The molecule has 1 atom stereocenters. The van der Waals surface area contributed by atoms with Crippen LogP contribution in [0.3, 0.4) is 0 Å². The number of hydrogen-bond acceptors (Lipinski definition) is 2. The zero-order valence-corrected chi connectivity index (χ0v) is 11.6. The van der Waals surface area contributed by atoms with Gasteiger partial charge in [0, 0.05) is 6.04 Å². The fourth-order valence-corrected chi connectivity index (χ4v) is 1.94. The lowest BCUT2D eigenvalue weighted by molar-refractivity contribution is -0.138. The molecule has 0 amide bonds. The quantitative estimate of drug-likeness (QED) is 0.871. The highest BCUT2D eigenvalue weighted by Crippen LogP contribution is 2.36. The van der Waals surface area contributed by atoms with E-state index in [1.54, 1.807) is 20.8 Å². The Bertz CT molecular complexity index is 484. The Morgan fingerprint density at radius 1 is 1.30 bits per heavy atom. The van der Waals surface area contributed by atoms with Crippen molar-refractivity contribution >= 4 is 5.97 Å². The molecule has 1 unspecified atom stereocenters. The van der Waals surface area contributed by atoms with Crippen LogP contribution in [-0.4, -0.2) is 17.6 Å². The van der Waals surface area contributed by atoms with Gasteiger partial charge in [0.15, 0.2) is 0 Å². The lowest BCUT2D eigenvalue weighted by atomic mass is 9.93. The second-order valence-corrected chi connectivity index (χ2v) is 5.00. The molecule has 0 aliphatic rings. The summed E-state index contributed by atoms with van der Waals surface area (Å²) >= 11 is 0. The molecule has 2 N–H and O–H groups in total. The summed E-state index contributed by atoms with van der Waals surface area (Å²) in [6.45, 7) is 4.88. The van der Waals surface area contributed by atoms with Gasteiger partial charge in [-0.05, 0) is 30.0 Å². The third kappa shape index (κ3) is 4.23. The maximum absolute atomic E-state index is 12.9. The molecule has 112 valence electrons. The highest BCUT2D eigenvalue weighted by atomic mass is 19.4. The van der Waals surface area contributed by atoms with Crippen LogP contribution in [0.4, 0.5) is 13.2 Å². The van der Waals surface area contributed by atoms with E-state index in [9.17, 15) is 18.0 Å². The van der Waals surface area contributed by atoms with Crippen LogP contribution in [0.25, 0.3) is 0 Å². The van der Waals surface area contributed by atoms with Gasteiger partial charge in [0.1, 0.15) is 0 Å². The predicted molar refractivity (Wildman–Crippen MR) is 69.6 cm³/mol. The Balaban J connectivity index is 3.07. The van der Waals surface area contributed by atoms with Gasteiger partial charge < -0.3 is 10.4 Å². The van der Waals surface area contributed by atoms with Crippen LogP contribution < -0.4 is 5.32 Å². The Kier molecular flexibility index (Phi) is 5.16. The topological polar surface area (TPSA) is 49.3 Å². The Labute approximate surface area is 115 Å². The summed E-state index contributed by atoms with van der Waals surface area (Å²) in [5, 5.41) is 11.3. The summed E-state index contributed by atoms with van der Waals surface area (Å²) in [6, 6.07) is 3.61. The van der Waals surface area contributed by atoms with E-state index in [-0.39, 0.29) is 24.1 Å². The first-order chi connectivity index (χ1) is 9.12. The smallest absolute Gasteiger partial charge is 0.416 e. The van der Waals surface area contributed by atoms with Gasteiger partial charge in [0.2, 0.25) is 0 Å². The molecule has 0 saturated heterocycles. The van der Waals surface area contributed by atoms with E-state index in [4.69, 9.17) is 5.11 Å². The molecule has 6 heteroatoms. The van der Waals surface area contributed by atoms with Gasteiger partial charge in [-0.2, -0.15) is 13.2 Å². The van der Waals surface area contributed by atoms with Crippen molar-refractivity contribution in [1.82, 2.24) is 5.32 Å². The number of nitrogens with one attached hydrogen (secondary N) is 1. The standard InChI is InChI=1S/C14H18F3NO2/c1-8(2)11-6-10(9(3)18-7-13(19)20)4-5-12(11)14(15,16)17/h4-6,8-9,18H,7H2,1-3H3,(H,19,20). The van der Waals surface area contributed by atoms with Gasteiger partial charge in [0.05, 0.1) is 12.1 Å². The zero-order valence-electron chi connectivity index (χ0n) is 11.6. The number of carboxylic acids is 1.